The Morgan fingerprint density at radius 3 is 2.36 bits per heavy atom. The van der Waals surface area contributed by atoms with Crippen molar-refractivity contribution in [3.63, 3.8) is 0 Å². The Morgan fingerprint density at radius 2 is 1.61 bits per heavy atom. The van der Waals surface area contributed by atoms with Gasteiger partial charge in [0.2, 0.25) is 18.8 Å². The molecule has 0 spiro atoms. The summed E-state index contributed by atoms with van der Waals surface area (Å²) in [4.78, 5) is 0. The van der Waals surface area contributed by atoms with Crippen molar-refractivity contribution in [2.45, 2.75) is 30.5 Å². The van der Waals surface area contributed by atoms with Crippen molar-refractivity contribution in [2.24, 2.45) is 11.8 Å². The standard InChI is InChI=1S/C33H36O11/c1-35-14-20-10-19-11-21(27(38-4)13-26(19)43-29(20)18-8-9-23-28(12-18)42-17-41-23)30-22-15-39-32(33(22,34)16-40-30)44-31-24(36-2)6-5-7-25(31)37-3/h5-9,11-13,20,22,29-30,32,34H,10,14-17H2,1-4H3/t20-,22+,29-,30-,32+,33+/m1/s1. The highest BCUT2D eigenvalue weighted by Crippen LogP contribution is 2.53. The molecular weight excluding hydrogens is 572 g/mol. The lowest BCUT2D eigenvalue weighted by molar-refractivity contribution is -0.153. The van der Waals surface area contributed by atoms with Crippen molar-refractivity contribution in [2.75, 3.05) is 55.1 Å². The van der Waals surface area contributed by atoms with E-state index in [0.717, 1.165) is 28.2 Å². The smallest absolute Gasteiger partial charge is 0.232 e. The van der Waals surface area contributed by atoms with Crippen molar-refractivity contribution < 1.29 is 52.5 Å². The Hall–Kier alpha value is -3.90. The first-order chi connectivity index (χ1) is 21.5. The molecule has 0 saturated carbocycles. The van der Waals surface area contributed by atoms with E-state index in [1.165, 1.54) is 0 Å². The zero-order chi connectivity index (χ0) is 30.4. The van der Waals surface area contributed by atoms with E-state index in [1.54, 1.807) is 46.6 Å². The minimum absolute atomic E-state index is 0.0136. The second-order valence-corrected chi connectivity index (χ2v) is 11.4. The SMILES string of the molecule is COC[C@H]1Cc2cc([C@H]3OC[C@@]4(O)[C@H](Oc5c(OC)cccc5OC)OC[C@@H]34)c(OC)cc2O[C@@H]1c1ccc2c(c1)OCO2. The second-order valence-electron chi connectivity index (χ2n) is 11.4. The molecule has 0 bridgehead atoms. The van der Waals surface area contributed by atoms with Crippen molar-refractivity contribution in [3.8, 4) is 40.2 Å². The summed E-state index contributed by atoms with van der Waals surface area (Å²) in [5, 5.41) is 11.9. The zero-order valence-corrected chi connectivity index (χ0v) is 25.1. The molecule has 2 saturated heterocycles. The van der Waals surface area contributed by atoms with Gasteiger partial charge >= 0.3 is 0 Å². The van der Waals surface area contributed by atoms with Crippen molar-refractivity contribution in [3.05, 3.63) is 65.2 Å². The van der Waals surface area contributed by atoms with Gasteiger partial charge in [0.1, 0.15) is 17.6 Å². The van der Waals surface area contributed by atoms with Crippen molar-refractivity contribution in [1.82, 2.24) is 0 Å². The third-order valence-electron chi connectivity index (χ3n) is 8.93. The molecule has 11 heteroatoms. The van der Waals surface area contributed by atoms with Crippen LogP contribution >= 0.6 is 0 Å². The molecule has 44 heavy (non-hydrogen) atoms. The molecule has 3 aromatic carbocycles. The van der Waals surface area contributed by atoms with Gasteiger partial charge in [0.05, 0.1) is 53.2 Å². The van der Waals surface area contributed by atoms with Crippen LogP contribution in [-0.2, 0) is 20.6 Å². The highest BCUT2D eigenvalue weighted by molar-refractivity contribution is 5.53. The maximum absolute atomic E-state index is 11.9. The van der Waals surface area contributed by atoms with Crippen LogP contribution in [0.2, 0.25) is 0 Å². The molecule has 0 unspecified atom stereocenters. The van der Waals surface area contributed by atoms with Gasteiger partial charge in [0.25, 0.3) is 0 Å². The largest absolute Gasteiger partial charge is 0.496 e. The van der Waals surface area contributed by atoms with Gasteiger partial charge in [-0.3, -0.25) is 0 Å². The Labute approximate surface area is 255 Å². The molecule has 234 valence electrons. The highest BCUT2D eigenvalue weighted by Gasteiger charge is 2.61. The summed E-state index contributed by atoms with van der Waals surface area (Å²) in [6.45, 7) is 0.945. The molecule has 0 radical (unpaired) electrons. The van der Waals surface area contributed by atoms with E-state index in [4.69, 9.17) is 47.4 Å². The molecule has 7 rings (SSSR count). The summed E-state index contributed by atoms with van der Waals surface area (Å²) in [5.41, 5.74) is 1.38. The Kier molecular flexibility index (Phi) is 7.57. The summed E-state index contributed by atoms with van der Waals surface area (Å²) in [6.07, 6.45) is -1.05. The molecular formula is C33H36O11. The number of rotatable bonds is 9. The maximum Gasteiger partial charge on any atom is 0.232 e. The fraction of sp³-hybridized carbons (Fsp3) is 0.455. The normalized spacial score (nSPS) is 28.2. The van der Waals surface area contributed by atoms with E-state index in [-0.39, 0.29) is 32.0 Å². The zero-order valence-electron chi connectivity index (χ0n) is 25.1. The fourth-order valence-electron chi connectivity index (χ4n) is 6.71. The number of methoxy groups -OCH3 is 4. The third kappa shape index (κ3) is 4.75. The summed E-state index contributed by atoms with van der Waals surface area (Å²) < 4.78 is 58.7. The predicted molar refractivity (Wildman–Crippen MR) is 155 cm³/mol. The van der Waals surface area contributed by atoms with E-state index in [2.05, 4.69) is 6.07 Å². The average Bonchev–Trinajstić information content (AvgIpc) is 3.74. The number of aliphatic hydroxyl groups is 1. The Morgan fingerprint density at radius 1 is 0.841 bits per heavy atom. The van der Waals surface area contributed by atoms with Gasteiger partial charge in [0.15, 0.2) is 28.6 Å². The van der Waals surface area contributed by atoms with Gasteiger partial charge in [-0.1, -0.05) is 12.1 Å². The second kappa shape index (κ2) is 11.6. The fourth-order valence-corrected chi connectivity index (χ4v) is 6.71. The molecule has 4 aliphatic rings. The van der Waals surface area contributed by atoms with E-state index >= 15 is 0 Å². The first-order valence-electron chi connectivity index (χ1n) is 14.6. The van der Waals surface area contributed by atoms with Gasteiger partial charge in [0, 0.05) is 24.7 Å². The van der Waals surface area contributed by atoms with Crippen LogP contribution in [0.4, 0.5) is 0 Å². The molecule has 0 aromatic heterocycles. The lowest BCUT2D eigenvalue weighted by atomic mass is 9.83. The monoisotopic (exact) mass is 608 g/mol. The quantitative estimate of drug-likeness (QED) is 0.377. The van der Waals surface area contributed by atoms with Gasteiger partial charge < -0.3 is 52.5 Å². The summed E-state index contributed by atoms with van der Waals surface area (Å²) in [6, 6.07) is 15.2. The number of para-hydroxylation sites is 1. The van der Waals surface area contributed by atoms with Gasteiger partial charge in [-0.2, -0.15) is 0 Å². The minimum atomic E-state index is -1.42. The first kappa shape index (κ1) is 28.8. The van der Waals surface area contributed by atoms with Crippen molar-refractivity contribution in [1.29, 1.82) is 0 Å². The number of hydrogen-bond acceptors (Lipinski definition) is 11. The van der Waals surface area contributed by atoms with Gasteiger partial charge in [-0.05, 0) is 47.9 Å². The molecule has 1 N–H and O–H groups in total. The van der Waals surface area contributed by atoms with Crippen LogP contribution in [0.15, 0.2) is 48.5 Å². The predicted octanol–water partition coefficient (Wildman–Crippen LogP) is 4.23. The van der Waals surface area contributed by atoms with Crippen LogP contribution in [0.25, 0.3) is 0 Å². The number of fused-ring (bicyclic) bond motifs is 3. The highest BCUT2D eigenvalue weighted by atomic mass is 16.7. The summed E-state index contributed by atoms with van der Waals surface area (Å²) in [7, 11) is 6.40. The molecule has 4 aliphatic heterocycles. The van der Waals surface area contributed by atoms with E-state index in [9.17, 15) is 5.11 Å². The first-order valence-corrected chi connectivity index (χ1v) is 14.6. The average molecular weight is 609 g/mol. The minimum Gasteiger partial charge on any atom is -0.496 e. The molecule has 0 aliphatic carbocycles. The van der Waals surface area contributed by atoms with Gasteiger partial charge in [-0.15, -0.1) is 0 Å². The van der Waals surface area contributed by atoms with Crippen LogP contribution in [0.3, 0.4) is 0 Å². The molecule has 3 aromatic rings. The molecule has 6 atom stereocenters. The topological polar surface area (TPSA) is 113 Å². The lowest BCUT2D eigenvalue weighted by Gasteiger charge is -2.35. The summed E-state index contributed by atoms with van der Waals surface area (Å²) >= 11 is 0. The summed E-state index contributed by atoms with van der Waals surface area (Å²) in [5.74, 6) is 3.67. The van der Waals surface area contributed by atoms with E-state index < -0.39 is 23.9 Å². The third-order valence-corrected chi connectivity index (χ3v) is 8.93. The number of benzene rings is 3. The molecule has 4 heterocycles. The molecule has 2 fully saturated rings. The van der Waals surface area contributed by atoms with E-state index in [1.807, 2.05) is 24.3 Å². The number of hydrogen-bond donors (Lipinski definition) is 1. The van der Waals surface area contributed by atoms with Crippen molar-refractivity contribution >= 4 is 0 Å². The van der Waals surface area contributed by atoms with Crippen LogP contribution in [0.1, 0.15) is 28.9 Å². The molecule has 11 nitrogen and oxygen atoms in total. The van der Waals surface area contributed by atoms with Crippen LogP contribution in [-0.4, -0.2) is 72.1 Å². The van der Waals surface area contributed by atoms with Gasteiger partial charge in [-0.25, -0.2) is 0 Å². The molecule has 0 amide bonds. The number of ether oxygens (including phenoxy) is 10. The van der Waals surface area contributed by atoms with E-state index in [0.29, 0.717) is 41.8 Å². The maximum atomic E-state index is 11.9. The lowest BCUT2D eigenvalue weighted by Crippen LogP contribution is -2.47. The Bertz CT molecular complexity index is 1500. The Balaban J connectivity index is 1.17. The van der Waals surface area contributed by atoms with Crippen LogP contribution in [0.5, 0.6) is 40.2 Å². The van der Waals surface area contributed by atoms with Crippen LogP contribution < -0.4 is 33.2 Å². The van der Waals surface area contributed by atoms with Crippen LogP contribution in [0, 0.1) is 11.8 Å².